The minimum atomic E-state index is -0.162. The number of hydrogen-bond acceptors (Lipinski definition) is 3. The lowest BCUT2D eigenvalue weighted by Gasteiger charge is -2.57. The van der Waals surface area contributed by atoms with Crippen LogP contribution in [0.4, 0.5) is 0 Å². The van der Waals surface area contributed by atoms with Gasteiger partial charge in [0.05, 0.1) is 12.7 Å². The standard InChI is InChI=1S/C28H32O3/c1-27-14-12-20(29)17-24(27)25(31-16-6-9-19-7-4-3-5-8-19)18-21-22-10-11-26(30)28(22,2)15-13-23(21)27/h3-9,12,14,17,21-23,25H,10-11,13,15-16,18H2,1-2H3/b9-6+. The molecule has 0 bridgehead atoms. The lowest BCUT2D eigenvalue weighted by Crippen LogP contribution is -2.53. The average Bonchev–Trinajstić information content (AvgIpc) is 3.07. The van der Waals surface area contributed by atoms with Crippen LogP contribution < -0.4 is 0 Å². The van der Waals surface area contributed by atoms with E-state index in [1.165, 1.54) is 0 Å². The second-order valence-electron chi connectivity index (χ2n) is 10.3. The lowest BCUT2D eigenvalue weighted by molar-refractivity contribution is -0.133. The van der Waals surface area contributed by atoms with Crippen molar-refractivity contribution >= 4 is 17.6 Å². The highest BCUT2D eigenvalue weighted by molar-refractivity contribution is 6.01. The summed E-state index contributed by atoms with van der Waals surface area (Å²) in [5.41, 5.74) is 1.98. The molecule has 6 unspecified atom stereocenters. The van der Waals surface area contributed by atoms with E-state index in [-0.39, 0.29) is 22.7 Å². The molecule has 5 rings (SSSR count). The Labute approximate surface area is 185 Å². The Morgan fingerprint density at radius 2 is 1.90 bits per heavy atom. The smallest absolute Gasteiger partial charge is 0.178 e. The molecule has 6 atom stereocenters. The number of allylic oxidation sites excluding steroid dienone is 3. The Bertz CT molecular complexity index is 971. The van der Waals surface area contributed by atoms with E-state index in [0.717, 1.165) is 43.2 Å². The third-order valence-corrected chi connectivity index (χ3v) is 8.77. The third kappa shape index (κ3) is 3.38. The first-order chi connectivity index (χ1) is 14.9. The summed E-state index contributed by atoms with van der Waals surface area (Å²) in [5.74, 6) is 1.91. The maximum Gasteiger partial charge on any atom is 0.178 e. The largest absolute Gasteiger partial charge is 0.370 e. The van der Waals surface area contributed by atoms with E-state index >= 15 is 0 Å². The molecule has 4 aliphatic carbocycles. The van der Waals surface area contributed by atoms with Crippen LogP contribution in [0.25, 0.3) is 6.08 Å². The summed E-state index contributed by atoms with van der Waals surface area (Å²) in [6.45, 7) is 5.01. The van der Waals surface area contributed by atoms with Crippen molar-refractivity contribution in [1.29, 1.82) is 0 Å². The van der Waals surface area contributed by atoms with Gasteiger partial charge in [0.2, 0.25) is 0 Å². The molecule has 0 radical (unpaired) electrons. The van der Waals surface area contributed by atoms with Gasteiger partial charge in [0.1, 0.15) is 5.78 Å². The number of carbonyl (C=O) groups excluding carboxylic acids is 2. The summed E-state index contributed by atoms with van der Waals surface area (Å²) in [6.07, 6.45) is 14.5. The Hall–Kier alpha value is -2.26. The van der Waals surface area contributed by atoms with Crippen molar-refractivity contribution in [2.45, 2.75) is 52.1 Å². The molecule has 0 amide bonds. The van der Waals surface area contributed by atoms with Gasteiger partial charge in [0.15, 0.2) is 5.78 Å². The molecule has 0 aliphatic heterocycles. The first kappa shape index (κ1) is 20.6. The molecule has 31 heavy (non-hydrogen) atoms. The van der Waals surface area contributed by atoms with Gasteiger partial charge in [-0.05, 0) is 66.7 Å². The number of rotatable bonds is 4. The van der Waals surface area contributed by atoms with Crippen LogP contribution in [0.2, 0.25) is 0 Å². The van der Waals surface area contributed by atoms with Gasteiger partial charge in [-0.2, -0.15) is 0 Å². The third-order valence-electron chi connectivity index (χ3n) is 8.77. The molecule has 3 nitrogen and oxygen atoms in total. The maximum absolute atomic E-state index is 12.7. The van der Waals surface area contributed by atoms with E-state index in [1.807, 2.05) is 24.3 Å². The van der Waals surface area contributed by atoms with E-state index < -0.39 is 0 Å². The second kappa shape index (κ2) is 7.70. The second-order valence-corrected chi connectivity index (χ2v) is 10.3. The highest BCUT2D eigenvalue weighted by Gasteiger charge is 2.60. The summed E-state index contributed by atoms with van der Waals surface area (Å²) < 4.78 is 6.42. The van der Waals surface area contributed by atoms with E-state index in [9.17, 15) is 9.59 Å². The predicted molar refractivity (Wildman–Crippen MR) is 122 cm³/mol. The minimum absolute atomic E-state index is 0.0658. The molecule has 3 fully saturated rings. The van der Waals surface area contributed by atoms with Gasteiger partial charge >= 0.3 is 0 Å². The topological polar surface area (TPSA) is 43.4 Å². The summed E-state index contributed by atoms with van der Waals surface area (Å²) in [4.78, 5) is 25.0. The van der Waals surface area contributed by atoms with E-state index in [2.05, 4.69) is 44.2 Å². The zero-order valence-electron chi connectivity index (χ0n) is 18.6. The monoisotopic (exact) mass is 416 g/mol. The highest BCUT2D eigenvalue weighted by atomic mass is 16.5. The van der Waals surface area contributed by atoms with Gasteiger partial charge in [-0.15, -0.1) is 0 Å². The van der Waals surface area contributed by atoms with E-state index in [4.69, 9.17) is 4.74 Å². The van der Waals surface area contributed by atoms with Gasteiger partial charge in [0.25, 0.3) is 0 Å². The van der Waals surface area contributed by atoms with Gasteiger partial charge in [-0.25, -0.2) is 0 Å². The molecular formula is C28H32O3. The summed E-state index contributed by atoms with van der Waals surface area (Å²) in [5, 5.41) is 0. The van der Waals surface area contributed by atoms with Crippen LogP contribution in [0.5, 0.6) is 0 Å². The van der Waals surface area contributed by atoms with Crippen LogP contribution in [-0.4, -0.2) is 24.3 Å². The number of ether oxygens (including phenoxy) is 1. The van der Waals surface area contributed by atoms with Crippen LogP contribution in [-0.2, 0) is 14.3 Å². The number of ketones is 2. The Morgan fingerprint density at radius 1 is 1.10 bits per heavy atom. The first-order valence-corrected chi connectivity index (χ1v) is 11.7. The molecular weight excluding hydrogens is 384 g/mol. The fourth-order valence-corrected chi connectivity index (χ4v) is 7.07. The SMILES string of the molecule is CC12C=CC(=O)C=C1C(OC/C=C/c1ccccc1)CC1C2CCC2(C)C(=O)CCC12. The van der Waals surface area contributed by atoms with Crippen LogP contribution >= 0.6 is 0 Å². The fraction of sp³-hybridized carbons (Fsp3) is 0.500. The average molecular weight is 417 g/mol. The molecule has 3 heteroatoms. The number of carbonyl (C=O) groups is 2. The fourth-order valence-electron chi connectivity index (χ4n) is 7.07. The van der Waals surface area contributed by atoms with E-state index in [1.54, 1.807) is 6.08 Å². The quantitative estimate of drug-likeness (QED) is 0.644. The van der Waals surface area contributed by atoms with Crippen molar-refractivity contribution in [3.05, 3.63) is 65.8 Å². The van der Waals surface area contributed by atoms with Crippen molar-refractivity contribution in [1.82, 2.24) is 0 Å². The zero-order chi connectivity index (χ0) is 21.6. The molecule has 0 aromatic heterocycles. The van der Waals surface area contributed by atoms with Gasteiger partial charge < -0.3 is 4.74 Å². The lowest BCUT2D eigenvalue weighted by atomic mass is 9.48. The predicted octanol–water partition coefficient (Wildman–Crippen LogP) is 5.57. The molecule has 3 saturated carbocycles. The number of benzene rings is 1. The zero-order valence-corrected chi connectivity index (χ0v) is 18.6. The van der Waals surface area contributed by atoms with Gasteiger partial charge in [-0.3, -0.25) is 9.59 Å². The maximum atomic E-state index is 12.7. The Morgan fingerprint density at radius 3 is 2.71 bits per heavy atom. The first-order valence-electron chi connectivity index (χ1n) is 11.7. The van der Waals surface area contributed by atoms with Gasteiger partial charge in [-0.1, -0.05) is 62.4 Å². The molecule has 4 aliphatic rings. The molecule has 1 aromatic carbocycles. The summed E-state index contributed by atoms with van der Waals surface area (Å²) >= 11 is 0. The highest BCUT2D eigenvalue weighted by Crippen LogP contribution is 2.63. The molecule has 0 saturated heterocycles. The molecule has 1 aromatic rings. The van der Waals surface area contributed by atoms with Crippen LogP contribution in [0, 0.1) is 28.6 Å². The Balaban J connectivity index is 1.40. The van der Waals surface area contributed by atoms with Crippen LogP contribution in [0.3, 0.4) is 0 Å². The van der Waals surface area contributed by atoms with E-state index in [0.29, 0.717) is 30.1 Å². The van der Waals surface area contributed by atoms with Crippen molar-refractivity contribution < 1.29 is 14.3 Å². The normalized spacial score (nSPS) is 39.2. The van der Waals surface area contributed by atoms with Crippen molar-refractivity contribution in [3.63, 3.8) is 0 Å². The van der Waals surface area contributed by atoms with Crippen molar-refractivity contribution in [3.8, 4) is 0 Å². The number of Topliss-reactive ketones (excluding diaryl/α,β-unsaturated/α-hetero) is 1. The molecule has 0 N–H and O–H groups in total. The molecule has 162 valence electrons. The summed E-state index contributed by atoms with van der Waals surface area (Å²) in [6, 6.07) is 10.2. The van der Waals surface area contributed by atoms with Crippen LogP contribution in [0.1, 0.15) is 51.5 Å². The number of fused-ring (bicyclic) bond motifs is 5. The summed E-state index contributed by atoms with van der Waals surface area (Å²) in [7, 11) is 0. The van der Waals surface area contributed by atoms with Crippen LogP contribution in [0.15, 0.2) is 60.2 Å². The Kier molecular flexibility index (Phi) is 5.13. The minimum Gasteiger partial charge on any atom is -0.370 e. The van der Waals surface area contributed by atoms with Crippen molar-refractivity contribution in [2.24, 2.45) is 28.6 Å². The molecule has 0 spiro atoms. The van der Waals surface area contributed by atoms with Gasteiger partial charge in [0, 0.05) is 17.3 Å². The molecule has 0 heterocycles. The van der Waals surface area contributed by atoms with Crippen molar-refractivity contribution in [2.75, 3.05) is 6.61 Å². The number of hydrogen-bond donors (Lipinski definition) is 0.